The first-order valence-corrected chi connectivity index (χ1v) is 4.13. The van der Waals surface area contributed by atoms with Crippen LogP contribution >= 0.6 is 0 Å². The van der Waals surface area contributed by atoms with Gasteiger partial charge in [-0.1, -0.05) is 18.2 Å². The van der Waals surface area contributed by atoms with Crippen LogP contribution in [0.25, 0.3) is 0 Å². The van der Waals surface area contributed by atoms with Crippen molar-refractivity contribution >= 4 is 0 Å². The predicted molar refractivity (Wildman–Crippen MR) is 51.2 cm³/mol. The summed E-state index contributed by atoms with van der Waals surface area (Å²) in [6.45, 7) is 1.66. The average Bonchev–Trinajstić information content (AvgIpc) is 2.69. The van der Waals surface area contributed by atoms with Crippen LogP contribution in [0, 0.1) is 6.73 Å². The molecule has 1 aromatic carbocycles. The lowest BCUT2D eigenvalue weighted by atomic mass is 10.3. The molecule has 0 aliphatic carbocycles. The lowest BCUT2D eigenvalue weighted by molar-refractivity contribution is 0.377. The Morgan fingerprint density at radius 1 is 0.923 bits per heavy atom. The van der Waals surface area contributed by atoms with E-state index in [1.807, 2.05) is 59.4 Å². The van der Waals surface area contributed by atoms with E-state index in [0.29, 0.717) is 0 Å². The number of para-hydroxylation sites is 1. The Kier molecular flexibility index (Phi) is 2.32. The van der Waals surface area contributed by atoms with E-state index in [4.69, 9.17) is 4.74 Å². The molecule has 2 rings (SSSR count). The van der Waals surface area contributed by atoms with Crippen LogP contribution < -0.4 is 4.74 Å². The van der Waals surface area contributed by atoms with E-state index in [0.717, 1.165) is 5.75 Å². The molecule has 0 saturated carbocycles. The molecule has 2 aromatic rings. The van der Waals surface area contributed by atoms with Gasteiger partial charge in [-0.25, -0.2) is 0 Å². The summed E-state index contributed by atoms with van der Waals surface area (Å²) in [5, 5.41) is 0. The molecule has 0 spiro atoms. The van der Waals surface area contributed by atoms with Gasteiger partial charge in [-0.05, 0) is 24.3 Å². The number of hydrogen-bond donors (Lipinski definition) is 0. The molecule has 0 bridgehead atoms. The molecule has 1 radical (unpaired) electrons. The van der Waals surface area contributed by atoms with Crippen molar-refractivity contribution in [1.29, 1.82) is 0 Å². The number of aromatic nitrogens is 1. The molecule has 0 unspecified atom stereocenters. The van der Waals surface area contributed by atoms with Crippen molar-refractivity contribution in [1.82, 2.24) is 4.57 Å². The molecule has 0 aliphatic rings. The Hall–Kier alpha value is -1.70. The first kappa shape index (κ1) is 7.92. The molecule has 1 heterocycles. The SMILES string of the molecule is [CH](Oc1ccccc1)n1cccc1. The maximum absolute atomic E-state index is 5.39. The largest absolute Gasteiger partial charge is 0.464 e. The zero-order valence-corrected chi connectivity index (χ0v) is 7.13. The molecule has 0 saturated heterocycles. The molecule has 0 atom stereocenters. The number of benzene rings is 1. The fourth-order valence-electron chi connectivity index (χ4n) is 1.04. The highest BCUT2D eigenvalue weighted by molar-refractivity contribution is 5.21. The Balaban J connectivity index is 1.94. The predicted octanol–water partition coefficient (Wildman–Crippen LogP) is 2.53. The van der Waals surface area contributed by atoms with E-state index >= 15 is 0 Å². The number of ether oxygens (including phenoxy) is 1. The molecule has 2 heteroatoms. The first-order chi connectivity index (χ1) is 6.45. The summed E-state index contributed by atoms with van der Waals surface area (Å²) in [6.07, 6.45) is 3.84. The van der Waals surface area contributed by atoms with E-state index in [9.17, 15) is 0 Å². The van der Waals surface area contributed by atoms with Crippen molar-refractivity contribution in [3.8, 4) is 5.75 Å². The number of nitrogens with zero attached hydrogens (tertiary/aromatic N) is 1. The van der Waals surface area contributed by atoms with Gasteiger partial charge in [-0.15, -0.1) is 0 Å². The van der Waals surface area contributed by atoms with Crippen LogP contribution in [0.2, 0.25) is 0 Å². The highest BCUT2D eigenvalue weighted by atomic mass is 16.5. The van der Waals surface area contributed by atoms with Crippen molar-refractivity contribution in [3.63, 3.8) is 0 Å². The lowest BCUT2D eigenvalue weighted by Crippen LogP contribution is -1.98. The van der Waals surface area contributed by atoms with Gasteiger partial charge in [0.15, 0.2) is 0 Å². The summed E-state index contributed by atoms with van der Waals surface area (Å²) in [4.78, 5) is 0. The van der Waals surface area contributed by atoms with Gasteiger partial charge in [-0.3, -0.25) is 0 Å². The molecule has 0 N–H and O–H groups in total. The van der Waals surface area contributed by atoms with E-state index < -0.39 is 0 Å². The third-order valence-corrected chi connectivity index (χ3v) is 1.68. The second kappa shape index (κ2) is 3.81. The molecule has 2 nitrogen and oxygen atoms in total. The molecule has 0 fully saturated rings. The minimum atomic E-state index is 0.844. The third-order valence-electron chi connectivity index (χ3n) is 1.68. The summed E-state index contributed by atoms with van der Waals surface area (Å²) in [5.41, 5.74) is 0. The number of rotatable bonds is 3. The van der Waals surface area contributed by atoms with E-state index in [-0.39, 0.29) is 0 Å². The van der Waals surface area contributed by atoms with Crippen LogP contribution in [-0.4, -0.2) is 4.57 Å². The van der Waals surface area contributed by atoms with Crippen LogP contribution in [0.5, 0.6) is 5.75 Å². The normalized spacial score (nSPS) is 9.85. The standard InChI is InChI=1S/C11H10NO/c1-2-6-11(7-3-1)13-10-12-8-4-5-9-12/h1-10H. The van der Waals surface area contributed by atoms with Crippen molar-refractivity contribution in [2.24, 2.45) is 0 Å². The van der Waals surface area contributed by atoms with Crippen molar-refractivity contribution < 1.29 is 4.74 Å². The third kappa shape index (κ3) is 2.12. The topological polar surface area (TPSA) is 14.2 Å². The number of hydrogen-bond acceptors (Lipinski definition) is 1. The highest BCUT2D eigenvalue weighted by Crippen LogP contribution is 2.09. The maximum atomic E-state index is 5.39. The smallest absolute Gasteiger partial charge is 0.232 e. The van der Waals surface area contributed by atoms with Crippen LogP contribution in [0.1, 0.15) is 0 Å². The molecule has 0 aliphatic heterocycles. The average molecular weight is 172 g/mol. The molecule has 13 heavy (non-hydrogen) atoms. The van der Waals surface area contributed by atoms with Gasteiger partial charge < -0.3 is 9.30 Å². The lowest BCUT2D eigenvalue weighted by Gasteiger charge is -2.04. The van der Waals surface area contributed by atoms with Crippen molar-refractivity contribution in [2.75, 3.05) is 0 Å². The Labute approximate surface area is 77.4 Å². The van der Waals surface area contributed by atoms with E-state index in [2.05, 4.69) is 0 Å². The monoisotopic (exact) mass is 172 g/mol. The minimum Gasteiger partial charge on any atom is -0.464 e. The summed E-state index contributed by atoms with van der Waals surface area (Å²) in [5.74, 6) is 0.844. The van der Waals surface area contributed by atoms with Gasteiger partial charge in [-0.2, -0.15) is 0 Å². The van der Waals surface area contributed by atoms with Gasteiger partial charge in [0.25, 0.3) is 0 Å². The molecule has 0 amide bonds. The van der Waals surface area contributed by atoms with Crippen LogP contribution in [0.3, 0.4) is 0 Å². The summed E-state index contributed by atoms with van der Waals surface area (Å²) >= 11 is 0. The van der Waals surface area contributed by atoms with Gasteiger partial charge in [0.2, 0.25) is 6.73 Å². The molecular formula is C11H10NO. The fraction of sp³-hybridized carbons (Fsp3) is 0. The van der Waals surface area contributed by atoms with Crippen LogP contribution in [0.4, 0.5) is 0 Å². The molecule has 1 aromatic heterocycles. The maximum Gasteiger partial charge on any atom is 0.232 e. The van der Waals surface area contributed by atoms with Gasteiger partial charge in [0.1, 0.15) is 5.75 Å². The molecule has 65 valence electrons. The summed E-state index contributed by atoms with van der Waals surface area (Å²) in [7, 11) is 0. The van der Waals surface area contributed by atoms with Gasteiger partial charge in [0, 0.05) is 12.4 Å². The second-order valence-corrected chi connectivity index (χ2v) is 2.67. The highest BCUT2D eigenvalue weighted by Gasteiger charge is 1.92. The van der Waals surface area contributed by atoms with Gasteiger partial charge in [0.05, 0.1) is 0 Å². The molecular weight excluding hydrogens is 162 g/mol. The Morgan fingerprint density at radius 3 is 2.31 bits per heavy atom. The summed E-state index contributed by atoms with van der Waals surface area (Å²) in [6, 6.07) is 13.6. The van der Waals surface area contributed by atoms with Gasteiger partial charge >= 0.3 is 0 Å². The van der Waals surface area contributed by atoms with E-state index in [1.165, 1.54) is 0 Å². The Morgan fingerprint density at radius 2 is 1.62 bits per heavy atom. The van der Waals surface area contributed by atoms with Crippen LogP contribution in [0.15, 0.2) is 54.9 Å². The van der Waals surface area contributed by atoms with Crippen molar-refractivity contribution in [2.45, 2.75) is 0 Å². The zero-order chi connectivity index (χ0) is 8.93. The van der Waals surface area contributed by atoms with E-state index in [1.54, 1.807) is 6.73 Å². The second-order valence-electron chi connectivity index (χ2n) is 2.67. The van der Waals surface area contributed by atoms with Crippen molar-refractivity contribution in [3.05, 3.63) is 61.6 Å². The Bertz CT molecular complexity index is 340. The summed E-state index contributed by atoms with van der Waals surface area (Å²) < 4.78 is 7.24. The fourth-order valence-corrected chi connectivity index (χ4v) is 1.04. The minimum absolute atomic E-state index is 0.844. The zero-order valence-electron chi connectivity index (χ0n) is 7.13. The first-order valence-electron chi connectivity index (χ1n) is 4.13. The van der Waals surface area contributed by atoms with Crippen LogP contribution in [-0.2, 0) is 0 Å². The quantitative estimate of drug-likeness (QED) is 0.694.